The third kappa shape index (κ3) is 3.81. The van der Waals surface area contributed by atoms with Gasteiger partial charge < -0.3 is 9.64 Å². The lowest BCUT2D eigenvalue weighted by Crippen LogP contribution is -2.57. The van der Waals surface area contributed by atoms with Gasteiger partial charge in [0.2, 0.25) is 0 Å². The fraction of sp³-hybridized carbons (Fsp3) is 0.600. The van der Waals surface area contributed by atoms with Gasteiger partial charge in [-0.15, -0.1) is 0 Å². The van der Waals surface area contributed by atoms with E-state index in [0.717, 1.165) is 6.26 Å². The van der Waals surface area contributed by atoms with Crippen LogP contribution in [0.4, 0.5) is 11.4 Å². The van der Waals surface area contributed by atoms with Gasteiger partial charge in [0.25, 0.3) is 0 Å². The molecule has 7 nitrogen and oxygen atoms in total. The Hall–Kier alpha value is -1.67. The van der Waals surface area contributed by atoms with Crippen LogP contribution in [0.15, 0.2) is 23.1 Å². The van der Waals surface area contributed by atoms with Crippen molar-refractivity contribution < 1.29 is 18.1 Å². The third-order valence-corrected chi connectivity index (χ3v) is 4.72. The Labute approximate surface area is 136 Å². The molecule has 1 fully saturated rings. The van der Waals surface area contributed by atoms with E-state index in [0.29, 0.717) is 18.8 Å². The number of hydrogen-bond acceptors (Lipinski definition) is 6. The lowest BCUT2D eigenvalue weighted by molar-refractivity contribution is -0.387. The van der Waals surface area contributed by atoms with E-state index in [1.807, 2.05) is 32.6 Å². The monoisotopic (exact) mass is 342 g/mol. The third-order valence-electron chi connectivity index (χ3n) is 3.60. The molecule has 0 atom stereocenters. The zero-order valence-electron chi connectivity index (χ0n) is 14.0. The second-order valence-electron chi connectivity index (χ2n) is 7.13. The Kier molecular flexibility index (Phi) is 4.19. The predicted octanol–water partition coefficient (Wildman–Crippen LogP) is 2.39. The number of nitrogens with zero attached hydrogens (tertiary/aromatic N) is 2. The molecular formula is C15H22N2O5S. The number of rotatable bonds is 3. The number of morpholine rings is 1. The molecule has 0 aromatic heterocycles. The van der Waals surface area contributed by atoms with Gasteiger partial charge in [-0.1, -0.05) is 6.07 Å². The minimum absolute atomic E-state index is 0.262. The number of nitro groups is 1. The lowest BCUT2D eigenvalue weighted by Gasteiger charge is -2.47. The van der Waals surface area contributed by atoms with Gasteiger partial charge in [-0.2, -0.15) is 0 Å². The Bertz CT molecular complexity index is 724. The smallest absolute Gasteiger partial charge is 0.311 e. The molecule has 1 aliphatic rings. The van der Waals surface area contributed by atoms with Gasteiger partial charge in [-0.25, -0.2) is 8.42 Å². The molecule has 0 N–H and O–H groups in total. The summed E-state index contributed by atoms with van der Waals surface area (Å²) in [5.41, 5.74) is -1.07. The van der Waals surface area contributed by atoms with Gasteiger partial charge >= 0.3 is 5.69 Å². The van der Waals surface area contributed by atoms with E-state index < -0.39 is 26.0 Å². The quantitative estimate of drug-likeness (QED) is 0.619. The highest BCUT2D eigenvalue weighted by molar-refractivity contribution is 7.90. The van der Waals surface area contributed by atoms with Crippen LogP contribution in [0, 0.1) is 10.1 Å². The van der Waals surface area contributed by atoms with Gasteiger partial charge in [0.1, 0.15) is 10.6 Å². The maximum atomic E-state index is 11.9. The molecule has 0 bridgehead atoms. The predicted molar refractivity (Wildman–Crippen MR) is 87.7 cm³/mol. The van der Waals surface area contributed by atoms with Gasteiger partial charge in [0.05, 0.1) is 16.1 Å². The van der Waals surface area contributed by atoms with Gasteiger partial charge in [0, 0.05) is 19.3 Å². The summed E-state index contributed by atoms with van der Waals surface area (Å²) >= 11 is 0. The summed E-state index contributed by atoms with van der Waals surface area (Å²) in [6, 6.07) is 4.40. The molecule has 8 heteroatoms. The van der Waals surface area contributed by atoms with Crippen molar-refractivity contribution in [2.45, 2.75) is 43.8 Å². The zero-order chi connectivity index (χ0) is 17.6. The van der Waals surface area contributed by atoms with Gasteiger partial charge in [0.15, 0.2) is 9.84 Å². The largest absolute Gasteiger partial charge is 0.366 e. The van der Waals surface area contributed by atoms with Crippen molar-refractivity contribution in [2.24, 2.45) is 0 Å². The van der Waals surface area contributed by atoms with Crippen molar-refractivity contribution in [3.8, 4) is 0 Å². The summed E-state index contributed by atoms with van der Waals surface area (Å²) in [7, 11) is -3.70. The second-order valence-corrected chi connectivity index (χ2v) is 9.11. The van der Waals surface area contributed by atoms with Crippen LogP contribution in [0.3, 0.4) is 0 Å². The first kappa shape index (κ1) is 17.7. The number of para-hydroxylation sites is 1. The Balaban J connectivity index is 2.62. The first-order valence-corrected chi connectivity index (χ1v) is 9.14. The molecule has 0 spiro atoms. The van der Waals surface area contributed by atoms with Crippen LogP contribution in [0.25, 0.3) is 0 Å². The molecule has 0 saturated carbocycles. The summed E-state index contributed by atoms with van der Waals surface area (Å²) in [4.78, 5) is 12.5. The number of benzene rings is 1. The molecular weight excluding hydrogens is 320 g/mol. The van der Waals surface area contributed by atoms with E-state index >= 15 is 0 Å². The average molecular weight is 342 g/mol. The second kappa shape index (κ2) is 5.45. The summed E-state index contributed by atoms with van der Waals surface area (Å²) in [5.74, 6) is 0. The topological polar surface area (TPSA) is 89.8 Å². The molecule has 23 heavy (non-hydrogen) atoms. The Morgan fingerprint density at radius 1 is 1.17 bits per heavy atom. The van der Waals surface area contributed by atoms with E-state index in [2.05, 4.69) is 0 Å². The molecule has 0 radical (unpaired) electrons. The maximum Gasteiger partial charge on any atom is 0.311 e. The number of ether oxygens (including phenoxy) is 1. The number of nitro benzene ring substituents is 1. The van der Waals surface area contributed by atoms with Crippen molar-refractivity contribution in [1.29, 1.82) is 0 Å². The van der Waals surface area contributed by atoms with E-state index in [1.165, 1.54) is 12.1 Å². The molecule has 1 aliphatic heterocycles. The van der Waals surface area contributed by atoms with E-state index in [4.69, 9.17) is 4.74 Å². The van der Waals surface area contributed by atoms with Crippen molar-refractivity contribution in [3.05, 3.63) is 28.3 Å². The summed E-state index contributed by atoms with van der Waals surface area (Å²) in [6.07, 6.45) is 0.978. The van der Waals surface area contributed by atoms with Crippen LogP contribution >= 0.6 is 0 Å². The fourth-order valence-electron chi connectivity index (χ4n) is 3.21. The molecule has 1 aromatic carbocycles. The normalized spacial score (nSPS) is 20.3. The van der Waals surface area contributed by atoms with Crippen molar-refractivity contribution >= 4 is 21.2 Å². The number of anilines is 1. The standard InChI is InChI=1S/C15H22N2O5S/c1-14(2)9-16(10-15(3,4)22-14)11-7-6-8-12(23(5,20)21)13(11)17(18)19/h6-8H,9-10H2,1-5H3. The van der Waals surface area contributed by atoms with Crippen molar-refractivity contribution in [2.75, 3.05) is 24.2 Å². The highest BCUT2D eigenvalue weighted by atomic mass is 32.2. The van der Waals surface area contributed by atoms with Gasteiger partial charge in [-0.05, 0) is 39.8 Å². The number of sulfone groups is 1. The van der Waals surface area contributed by atoms with Crippen LogP contribution in [0.5, 0.6) is 0 Å². The maximum absolute atomic E-state index is 11.9. The fourth-order valence-corrected chi connectivity index (χ4v) is 4.06. The first-order chi connectivity index (χ1) is 10.3. The highest BCUT2D eigenvalue weighted by Gasteiger charge is 2.41. The first-order valence-electron chi connectivity index (χ1n) is 7.25. The number of hydrogen-bond donors (Lipinski definition) is 0. The zero-order valence-corrected chi connectivity index (χ0v) is 14.8. The van der Waals surface area contributed by atoms with E-state index in [9.17, 15) is 18.5 Å². The Morgan fingerprint density at radius 2 is 1.70 bits per heavy atom. The van der Waals surface area contributed by atoms with Crippen LogP contribution in [0.1, 0.15) is 27.7 Å². The summed E-state index contributed by atoms with van der Waals surface area (Å²) < 4.78 is 29.8. The molecule has 2 rings (SSSR count). The van der Waals surface area contributed by atoms with E-state index in [-0.39, 0.29) is 10.6 Å². The summed E-state index contributed by atoms with van der Waals surface area (Å²) in [6.45, 7) is 8.51. The molecule has 1 heterocycles. The molecule has 0 unspecified atom stereocenters. The summed E-state index contributed by atoms with van der Waals surface area (Å²) in [5, 5.41) is 11.5. The van der Waals surface area contributed by atoms with Crippen LogP contribution in [0.2, 0.25) is 0 Å². The van der Waals surface area contributed by atoms with Crippen molar-refractivity contribution in [1.82, 2.24) is 0 Å². The van der Waals surface area contributed by atoms with Crippen LogP contribution < -0.4 is 4.90 Å². The molecule has 1 saturated heterocycles. The molecule has 128 valence electrons. The van der Waals surface area contributed by atoms with Crippen LogP contribution in [-0.4, -0.2) is 43.9 Å². The van der Waals surface area contributed by atoms with Crippen molar-refractivity contribution in [3.63, 3.8) is 0 Å². The van der Waals surface area contributed by atoms with Gasteiger partial charge in [-0.3, -0.25) is 10.1 Å². The minimum atomic E-state index is -3.70. The lowest BCUT2D eigenvalue weighted by atomic mass is 9.98. The van der Waals surface area contributed by atoms with Crippen LogP contribution in [-0.2, 0) is 14.6 Å². The molecule has 0 aliphatic carbocycles. The minimum Gasteiger partial charge on any atom is -0.366 e. The highest BCUT2D eigenvalue weighted by Crippen LogP contribution is 2.39. The van der Waals surface area contributed by atoms with E-state index in [1.54, 1.807) is 6.07 Å². The molecule has 0 amide bonds. The molecule has 1 aromatic rings. The SMILES string of the molecule is CC1(C)CN(c2cccc(S(C)(=O)=O)c2[N+](=O)[O-])CC(C)(C)O1. The average Bonchev–Trinajstić information content (AvgIpc) is 2.32. The Morgan fingerprint density at radius 3 is 2.13 bits per heavy atom.